The molecule has 5 rings (SSSR count). The average Bonchev–Trinajstić information content (AvgIpc) is 2.85. The van der Waals surface area contributed by atoms with Crippen LogP contribution in [0.5, 0.6) is 0 Å². The van der Waals surface area contributed by atoms with E-state index in [-0.39, 0.29) is 0 Å². The highest BCUT2D eigenvalue weighted by Gasteiger charge is 2.52. The third kappa shape index (κ3) is 2.90. The fourth-order valence-corrected chi connectivity index (χ4v) is 5.73. The molecule has 2 nitrogen and oxygen atoms in total. The van der Waals surface area contributed by atoms with E-state index in [2.05, 4.69) is 42.5 Å². The highest BCUT2D eigenvalue weighted by molar-refractivity contribution is 6.72. The molecule has 3 heteroatoms. The molecule has 4 unspecified atom stereocenters. The second-order valence-corrected chi connectivity index (χ2v) is 8.48. The van der Waals surface area contributed by atoms with Crippen LogP contribution in [0, 0.1) is 0 Å². The van der Waals surface area contributed by atoms with E-state index in [1.165, 1.54) is 63.3 Å². The van der Waals surface area contributed by atoms with Gasteiger partial charge in [0.05, 0.1) is 12.2 Å². The van der Waals surface area contributed by atoms with E-state index < -0.39 is 0 Å². The molecule has 0 N–H and O–H groups in total. The molecular formula is C23H29BO2. The predicted molar refractivity (Wildman–Crippen MR) is 107 cm³/mol. The Labute approximate surface area is 157 Å². The lowest BCUT2D eigenvalue weighted by Gasteiger charge is -2.47. The van der Waals surface area contributed by atoms with Gasteiger partial charge in [-0.05, 0) is 62.3 Å². The second-order valence-electron chi connectivity index (χ2n) is 8.48. The van der Waals surface area contributed by atoms with Crippen molar-refractivity contribution in [1.29, 1.82) is 0 Å². The summed E-state index contributed by atoms with van der Waals surface area (Å²) in [4.78, 5) is 0. The lowest BCUT2D eigenvalue weighted by molar-refractivity contribution is 0.0748. The van der Waals surface area contributed by atoms with Crippen molar-refractivity contribution >= 4 is 6.71 Å². The number of ether oxygens (including phenoxy) is 2. The molecule has 0 aromatic heterocycles. The van der Waals surface area contributed by atoms with Gasteiger partial charge in [0.2, 0.25) is 6.71 Å². The maximum absolute atomic E-state index is 6.60. The van der Waals surface area contributed by atoms with Crippen molar-refractivity contribution in [3.8, 4) is 0 Å². The summed E-state index contributed by atoms with van der Waals surface area (Å²) in [7, 11) is 0. The van der Waals surface area contributed by atoms with E-state index in [1.807, 2.05) is 0 Å². The summed E-state index contributed by atoms with van der Waals surface area (Å²) in [5, 5.41) is 0. The van der Waals surface area contributed by atoms with Crippen LogP contribution in [-0.2, 0) is 9.47 Å². The van der Waals surface area contributed by atoms with Crippen LogP contribution in [0.2, 0.25) is 11.6 Å². The molecule has 1 saturated heterocycles. The van der Waals surface area contributed by atoms with Gasteiger partial charge >= 0.3 is 0 Å². The Morgan fingerprint density at radius 3 is 2.73 bits per heavy atom. The average molecular weight is 348 g/mol. The summed E-state index contributed by atoms with van der Waals surface area (Å²) >= 11 is 0. The van der Waals surface area contributed by atoms with Crippen molar-refractivity contribution < 1.29 is 9.47 Å². The first-order chi connectivity index (χ1) is 12.9. The molecule has 2 aliphatic heterocycles. The van der Waals surface area contributed by atoms with Gasteiger partial charge in [0.25, 0.3) is 0 Å². The smallest absolute Gasteiger partial charge is 0.203 e. The first kappa shape index (κ1) is 16.5. The van der Waals surface area contributed by atoms with Crippen LogP contribution in [0.1, 0.15) is 57.8 Å². The van der Waals surface area contributed by atoms with Gasteiger partial charge in [0, 0.05) is 5.47 Å². The third-order valence-corrected chi connectivity index (χ3v) is 6.91. The maximum atomic E-state index is 6.60. The molecule has 4 atom stereocenters. The number of rotatable bonds is 0. The molecule has 2 fully saturated rings. The first-order valence-electron chi connectivity index (χ1n) is 10.7. The molecule has 5 aliphatic rings. The van der Waals surface area contributed by atoms with Gasteiger partial charge in [-0.15, -0.1) is 0 Å². The number of hydrogen-bond donors (Lipinski definition) is 0. The van der Waals surface area contributed by atoms with Crippen molar-refractivity contribution in [1.82, 2.24) is 0 Å². The van der Waals surface area contributed by atoms with Crippen LogP contribution >= 0.6 is 0 Å². The highest BCUT2D eigenvalue weighted by Crippen LogP contribution is 2.52. The summed E-state index contributed by atoms with van der Waals surface area (Å²) in [5.41, 5.74) is 1.35. The molecular weight excluding hydrogens is 319 g/mol. The summed E-state index contributed by atoms with van der Waals surface area (Å²) in [6.45, 7) is 0.553. The van der Waals surface area contributed by atoms with Gasteiger partial charge in [0.15, 0.2) is 0 Å². The number of fused-ring (bicyclic) bond motifs is 4. The fourth-order valence-electron chi connectivity index (χ4n) is 5.73. The van der Waals surface area contributed by atoms with Crippen molar-refractivity contribution in [2.45, 2.75) is 81.6 Å². The molecule has 0 radical (unpaired) electrons. The zero-order valence-electron chi connectivity index (χ0n) is 15.6. The monoisotopic (exact) mass is 348 g/mol. The van der Waals surface area contributed by atoms with Gasteiger partial charge in [-0.1, -0.05) is 49.6 Å². The van der Waals surface area contributed by atoms with Crippen molar-refractivity contribution in [2.75, 3.05) is 0 Å². The maximum Gasteiger partial charge on any atom is 0.203 e. The molecule has 26 heavy (non-hydrogen) atoms. The van der Waals surface area contributed by atoms with Crippen LogP contribution in [0.3, 0.4) is 0 Å². The van der Waals surface area contributed by atoms with E-state index in [9.17, 15) is 0 Å². The Balaban J connectivity index is 1.64. The molecule has 2 heterocycles. The Kier molecular flexibility index (Phi) is 4.56. The summed E-state index contributed by atoms with van der Waals surface area (Å²) in [6, 6.07) is 0. The van der Waals surface area contributed by atoms with E-state index in [1.54, 1.807) is 0 Å². The zero-order valence-corrected chi connectivity index (χ0v) is 15.6. The Bertz CT molecular complexity index is 699. The van der Waals surface area contributed by atoms with Gasteiger partial charge in [-0.25, -0.2) is 0 Å². The van der Waals surface area contributed by atoms with E-state index >= 15 is 0 Å². The van der Waals surface area contributed by atoms with Crippen molar-refractivity contribution in [3.05, 3.63) is 59.5 Å². The molecule has 0 aromatic rings. The van der Waals surface area contributed by atoms with Crippen LogP contribution < -0.4 is 0 Å². The zero-order chi connectivity index (χ0) is 17.3. The molecule has 0 aromatic carbocycles. The Hall–Kier alpha value is -1.64. The summed E-state index contributed by atoms with van der Waals surface area (Å²) in [6.07, 6.45) is 27.8. The second kappa shape index (κ2) is 7.17. The molecule has 136 valence electrons. The van der Waals surface area contributed by atoms with Crippen LogP contribution in [0.15, 0.2) is 59.5 Å². The van der Waals surface area contributed by atoms with Crippen molar-refractivity contribution in [3.63, 3.8) is 0 Å². The molecule has 0 bridgehead atoms. The Morgan fingerprint density at radius 1 is 0.846 bits per heavy atom. The number of hydrogen-bond acceptors (Lipinski definition) is 2. The highest BCUT2D eigenvalue weighted by atomic mass is 16.5. The quantitative estimate of drug-likeness (QED) is 0.400. The SMILES string of the molecule is C1=C/C=C2/OC3CCCCCC3B3C2=C(C=C1)OC1CCCC/C=C\C31. The minimum absolute atomic E-state index is 0.326. The topological polar surface area (TPSA) is 18.5 Å². The van der Waals surface area contributed by atoms with Crippen LogP contribution in [0.4, 0.5) is 0 Å². The van der Waals surface area contributed by atoms with Crippen LogP contribution in [0.25, 0.3) is 0 Å². The minimum Gasteiger partial charge on any atom is -0.491 e. The van der Waals surface area contributed by atoms with Gasteiger partial charge in [-0.2, -0.15) is 0 Å². The van der Waals surface area contributed by atoms with Crippen molar-refractivity contribution in [2.24, 2.45) is 0 Å². The molecule has 3 aliphatic carbocycles. The third-order valence-electron chi connectivity index (χ3n) is 6.91. The van der Waals surface area contributed by atoms with E-state index in [0.717, 1.165) is 11.5 Å². The van der Waals surface area contributed by atoms with Gasteiger partial charge < -0.3 is 9.47 Å². The minimum atomic E-state index is 0.326. The van der Waals surface area contributed by atoms with Gasteiger partial charge in [0.1, 0.15) is 11.5 Å². The van der Waals surface area contributed by atoms with E-state index in [0.29, 0.717) is 30.6 Å². The first-order valence-corrected chi connectivity index (χ1v) is 10.7. The largest absolute Gasteiger partial charge is 0.491 e. The molecule has 0 spiro atoms. The normalized spacial score (nSPS) is 39.2. The summed E-state index contributed by atoms with van der Waals surface area (Å²) in [5.74, 6) is 3.28. The Morgan fingerprint density at radius 2 is 1.73 bits per heavy atom. The molecule has 0 amide bonds. The molecule has 1 saturated carbocycles. The number of allylic oxidation sites excluding steroid dienone is 7. The fraction of sp³-hybridized carbons (Fsp3) is 0.565. The lowest BCUT2D eigenvalue weighted by atomic mass is 9.26. The summed E-state index contributed by atoms with van der Waals surface area (Å²) < 4.78 is 13.2. The van der Waals surface area contributed by atoms with Gasteiger partial charge in [-0.3, -0.25) is 0 Å². The predicted octanol–water partition coefficient (Wildman–Crippen LogP) is 5.92. The van der Waals surface area contributed by atoms with E-state index in [4.69, 9.17) is 9.47 Å². The standard InChI is InChI=1S/C23H29BO2/c1-2-7-13-19-17(11-5-1)24-18-12-6-3-8-14-20(18)26-22-16-10-4-9-15-21(25-19)23(22)24/h4-5,9-11,15-20H,1-3,6-8,12-14H2/b9-4?,10-4?,11-5-,15-9?,16-10?,21-15?,22-16+. The van der Waals surface area contributed by atoms with Crippen LogP contribution in [-0.4, -0.2) is 18.9 Å². The lowest BCUT2D eigenvalue weighted by Crippen LogP contribution is -2.49.